The Morgan fingerprint density at radius 3 is 2.26 bits per heavy atom. The van der Waals surface area contributed by atoms with Gasteiger partial charge in [-0.3, -0.25) is 19.7 Å². The standard InChI is InChI=1S/C26H32N4O5/c1-18-4-5-19(2)25(16-18)35-22-8-10-29(11-9-22)26(32)21-6-7-23(24(17-21)30(33)34)28-14-12-27(13-15-28)20(3)31/h4-7,16-17,22H,8-15H2,1-3H3. The zero-order valence-electron chi connectivity index (χ0n) is 20.5. The third kappa shape index (κ3) is 5.55. The molecule has 0 unspecified atom stereocenters. The number of ether oxygens (including phenoxy) is 1. The van der Waals surface area contributed by atoms with Crippen LogP contribution in [0.5, 0.6) is 5.75 Å². The third-order valence-electron chi connectivity index (χ3n) is 6.85. The number of carbonyl (C=O) groups is 2. The Kier molecular flexibility index (Phi) is 7.23. The van der Waals surface area contributed by atoms with Crippen LogP contribution in [0.25, 0.3) is 0 Å². The van der Waals surface area contributed by atoms with Crippen molar-refractivity contribution in [1.29, 1.82) is 0 Å². The Labute approximate surface area is 205 Å². The SMILES string of the molecule is CC(=O)N1CCN(c2ccc(C(=O)N3CCC(Oc4cc(C)ccc4C)CC3)cc2[N+](=O)[O-])CC1. The van der Waals surface area contributed by atoms with E-state index in [-0.39, 0.29) is 23.6 Å². The van der Waals surface area contributed by atoms with E-state index in [2.05, 4.69) is 6.07 Å². The molecule has 0 radical (unpaired) electrons. The largest absolute Gasteiger partial charge is 0.490 e. The number of hydrogen-bond donors (Lipinski definition) is 0. The Morgan fingerprint density at radius 2 is 1.63 bits per heavy atom. The van der Waals surface area contributed by atoms with E-state index in [1.807, 2.05) is 30.9 Å². The molecule has 2 saturated heterocycles. The third-order valence-corrected chi connectivity index (χ3v) is 6.85. The molecule has 2 aromatic rings. The van der Waals surface area contributed by atoms with Crippen LogP contribution >= 0.6 is 0 Å². The van der Waals surface area contributed by atoms with Gasteiger partial charge in [-0.15, -0.1) is 0 Å². The molecule has 2 aliphatic rings. The summed E-state index contributed by atoms with van der Waals surface area (Å²) in [7, 11) is 0. The highest BCUT2D eigenvalue weighted by atomic mass is 16.6. The van der Waals surface area contributed by atoms with Gasteiger partial charge in [-0.25, -0.2) is 0 Å². The summed E-state index contributed by atoms with van der Waals surface area (Å²) < 4.78 is 6.20. The van der Waals surface area contributed by atoms with E-state index in [1.54, 1.807) is 21.9 Å². The topological polar surface area (TPSA) is 96.2 Å². The minimum atomic E-state index is -0.437. The maximum absolute atomic E-state index is 13.1. The van der Waals surface area contributed by atoms with E-state index in [0.29, 0.717) is 63.4 Å². The second-order valence-electron chi connectivity index (χ2n) is 9.33. The molecule has 0 bridgehead atoms. The second kappa shape index (κ2) is 10.3. The first-order valence-corrected chi connectivity index (χ1v) is 12.0. The molecule has 9 nitrogen and oxygen atoms in total. The number of nitrogens with zero attached hydrogens (tertiary/aromatic N) is 4. The normalized spacial score (nSPS) is 16.8. The smallest absolute Gasteiger partial charge is 0.293 e. The molecule has 0 aliphatic carbocycles. The summed E-state index contributed by atoms with van der Waals surface area (Å²) in [4.78, 5) is 41.5. The molecule has 2 aromatic carbocycles. The van der Waals surface area contributed by atoms with Gasteiger partial charge in [0.05, 0.1) is 4.92 Å². The summed E-state index contributed by atoms with van der Waals surface area (Å²) in [5, 5.41) is 11.8. The van der Waals surface area contributed by atoms with E-state index in [4.69, 9.17) is 4.74 Å². The lowest BCUT2D eigenvalue weighted by Gasteiger charge is -2.35. The van der Waals surface area contributed by atoms with Gasteiger partial charge in [0.2, 0.25) is 5.91 Å². The van der Waals surface area contributed by atoms with Crippen LogP contribution in [0.2, 0.25) is 0 Å². The molecule has 2 heterocycles. The lowest BCUT2D eigenvalue weighted by atomic mass is 10.0. The van der Waals surface area contributed by atoms with Gasteiger partial charge in [-0.05, 0) is 43.2 Å². The van der Waals surface area contributed by atoms with Crippen LogP contribution in [0.15, 0.2) is 36.4 Å². The lowest BCUT2D eigenvalue weighted by molar-refractivity contribution is -0.384. The minimum absolute atomic E-state index is 0.00304. The molecule has 0 atom stereocenters. The van der Waals surface area contributed by atoms with Crippen molar-refractivity contribution in [3.63, 3.8) is 0 Å². The molecule has 9 heteroatoms. The van der Waals surface area contributed by atoms with E-state index in [9.17, 15) is 19.7 Å². The zero-order chi connectivity index (χ0) is 25.1. The number of carbonyl (C=O) groups excluding carboxylic acids is 2. The highest BCUT2D eigenvalue weighted by Crippen LogP contribution is 2.31. The minimum Gasteiger partial charge on any atom is -0.490 e. The van der Waals surface area contributed by atoms with Gasteiger partial charge in [-0.2, -0.15) is 0 Å². The number of hydrogen-bond acceptors (Lipinski definition) is 6. The fourth-order valence-electron chi connectivity index (χ4n) is 4.71. The number of aryl methyl sites for hydroxylation is 2. The molecule has 186 valence electrons. The fourth-order valence-corrected chi connectivity index (χ4v) is 4.71. The molecular weight excluding hydrogens is 448 g/mol. The van der Waals surface area contributed by atoms with Crippen molar-refractivity contribution in [3.05, 3.63) is 63.2 Å². The molecule has 4 rings (SSSR count). The Bertz CT molecular complexity index is 1120. The van der Waals surface area contributed by atoms with Crippen molar-refractivity contribution in [2.24, 2.45) is 0 Å². The summed E-state index contributed by atoms with van der Waals surface area (Å²) in [6.45, 7) is 8.73. The summed E-state index contributed by atoms with van der Waals surface area (Å²) in [5.41, 5.74) is 2.94. The lowest BCUT2D eigenvalue weighted by Crippen LogP contribution is -2.48. The second-order valence-corrected chi connectivity index (χ2v) is 9.33. The summed E-state index contributed by atoms with van der Waals surface area (Å²) >= 11 is 0. The number of amides is 2. The van der Waals surface area contributed by atoms with Gasteiger partial charge < -0.3 is 19.4 Å². The molecular formula is C26H32N4O5. The van der Waals surface area contributed by atoms with E-state index < -0.39 is 4.92 Å². The molecule has 0 N–H and O–H groups in total. The Balaban J connectivity index is 1.41. The zero-order valence-corrected chi connectivity index (χ0v) is 20.5. The molecule has 2 aliphatic heterocycles. The average Bonchev–Trinajstić information content (AvgIpc) is 2.86. The monoisotopic (exact) mass is 480 g/mol. The van der Waals surface area contributed by atoms with E-state index in [1.165, 1.54) is 13.0 Å². The van der Waals surface area contributed by atoms with Gasteiger partial charge in [0.25, 0.3) is 11.6 Å². The molecule has 2 fully saturated rings. The fraction of sp³-hybridized carbons (Fsp3) is 0.462. The number of piperazine rings is 1. The van der Waals surface area contributed by atoms with Crippen LogP contribution in [0.4, 0.5) is 11.4 Å². The number of anilines is 1. The average molecular weight is 481 g/mol. The highest BCUT2D eigenvalue weighted by molar-refractivity contribution is 5.96. The van der Waals surface area contributed by atoms with Crippen LogP contribution in [0.3, 0.4) is 0 Å². The molecule has 0 spiro atoms. The van der Waals surface area contributed by atoms with Gasteiger partial charge in [-0.1, -0.05) is 12.1 Å². The van der Waals surface area contributed by atoms with Gasteiger partial charge in [0.1, 0.15) is 17.5 Å². The Hall–Kier alpha value is -3.62. The number of piperidine rings is 1. The van der Waals surface area contributed by atoms with Gasteiger partial charge >= 0.3 is 0 Å². The van der Waals surface area contributed by atoms with Crippen LogP contribution in [-0.2, 0) is 4.79 Å². The molecule has 35 heavy (non-hydrogen) atoms. The van der Waals surface area contributed by atoms with Crippen molar-refractivity contribution in [2.45, 2.75) is 39.7 Å². The van der Waals surface area contributed by atoms with Crippen molar-refractivity contribution in [1.82, 2.24) is 9.80 Å². The maximum atomic E-state index is 13.1. The van der Waals surface area contributed by atoms with E-state index >= 15 is 0 Å². The molecule has 0 saturated carbocycles. The van der Waals surface area contributed by atoms with Crippen molar-refractivity contribution < 1.29 is 19.2 Å². The molecule has 0 aromatic heterocycles. The predicted molar refractivity (Wildman–Crippen MR) is 133 cm³/mol. The first kappa shape index (κ1) is 24.5. The number of benzene rings is 2. The van der Waals surface area contributed by atoms with Crippen LogP contribution in [0, 0.1) is 24.0 Å². The first-order valence-electron chi connectivity index (χ1n) is 12.0. The van der Waals surface area contributed by atoms with Crippen LogP contribution < -0.4 is 9.64 Å². The summed E-state index contributed by atoms with van der Waals surface area (Å²) in [6, 6.07) is 10.8. The van der Waals surface area contributed by atoms with Crippen LogP contribution in [0.1, 0.15) is 41.3 Å². The van der Waals surface area contributed by atoms with E-state index in [0.717, 1.165) is 16.9 Å². The predicted octanol–water partition coefficient (Wildman–Crippen LogP) is 3.56. The summed E-state index contributed by atoms with van der Waals surface area (Å²) in [6.07, 6.45) is 1.45. The molecule has 2 amide bonds. The van der Waals surface area contributed by atoms with Crippen molar-refractivity contribution in [2.75, 3.05) is 44.2 Å². The highest BCUT2D eigenvalue weighted by Gasteiger charge is 2.29. The maximum Gasteiger partial charge on any atom is 0.293 e. The van der Waals surface area contributed by atoms with Crippen LogP contribution in [-0.4, -0.2) is 71.9 Å². The van der Waals surface area contributed by atoms with Gasteiger partial charge in [0, 0.05) is 70.7 Å². The van der Waals surface area contributed by atoms with Gasteiger partial charge in [0.15, 0.2) is 0 Å². The number of likely N-dealkylation sites (tertiary alicyclic amines) is 1. The number of nitro groups is 1. The first-order chi connectivity index (χ1) is 16.7. The quantitative estimate of drug-likeness (QED) is 0.480. The Morgan fingerprint density at radius 1 is 0.943 bits per heavy atom. The van der Waals surface area contributed by atoms with Crippen molar-refractivity contribution in [3.8, 4) is 5.75 Å². The van der Waals surface area contributed by atoms with Crippen molar-refractivity contribution >= 4 is 23.2 Å². The number of rotatable bonds is 5. The summed E-state index contributed by atoms with van der Waals surface area (Å²) in [5.74, 6) is 0.680. The number of nitro benzene ring substituents is 1.